The molecule has 7 heteroatoms. The number of halogens is 2. The first-order valence-electron chi connectivity index (χ1n) is 4.98. The van der Waals surface area contributed by atoms with Crippen molar-refractivity contribution in [1.82, 2.24) is 0 Å². The summed E-state index contributed by atoms with van der Waals surface area (Å²) in [6.07, 6.45) is 0. The van der Waals surface area contributed by atoms with Gasteiger partial charge >= 0.3 is 5.88 Å². The Balaban J connectivity index is 2.06. The van der Waals surface area contributed by atoms with Crippen molar-refractivity contribution in [2.24, 2.45) is 0 Å². The summed E-state index contributed by atoms with van der Waals surface area (Å²) in [5, 5.41) is 13.3. The van der Waals surface area contributed by atoms with Gasteiger partial charge in [0.05, 0.1) is 18.3 Å². The maximum atomic E-state index is 13.0. The molecule has 2 aromatic rings. The van der Waals surface area contributed by atoms with Gasteiger partial charge in [-0.1, -0.05) is 0 Å². The van der Waals surface area contributed by atoms with Gasteiger partial charge in [-0.3, -0.25) is 10.1 Å². The van der Waals surface area contributed by atoms with Crippen LogP contribution in [-0.4, -0.2) is 4.92 Å². The van der Waals surface area contributed by atoms with Crippen molar-refractivity contribution >= 4 is 27.5 Å². The molecule has 0 fully saturated rings. The Hall–Kier alpha value is -1.89. The summed E-state index contributed by atoms with van der Waals surface area (Å²) in [6, 6.07) is 6.99. The maximum absolute atomic E-state index is 13.0. The van der Waals surface area contributed by atoms with E-state index < -0.39 is 4.92 Å². The van der Waals surface area contributed by atoms with Crippen LogP contribution in [0.15, 0.2) is 39.2 Å². The fourth-order valence-corrected chi connectivity index (χ4v) is 1.76. The van der Waals surface area contributed by atoms with Gasteiger partial charge in [-0.2, -0.15) is 0 Å². The fraction of sp³-hybridized carbons (Fsp3) is 0.0909. The zero-order valence-electron chi connectivity index (χ0n) is 9.02. The molecule has 5 nitrogen and oxygen atoms in total. The minimum Gasteiger partial charge on any atom is -0.404 e. The smallest absolute Gasteiger partial charge is 0.404 e. The first-order valence-corrected chi connectivity index (χ1v) is 5.77. The zero-order chi connectivity index (χ0) is 13.1. The summed E-state index contributed by atoms with van der Waals surface area (Å²) in [5.41, 5.74) is 0.550. The number of anilines is 1. The lowest BCUT2D eigenvalue weighted by atomic mass is 10.3. The second-order valence-corrected chi connectivity index (χ2v) is 4.33. The molecular formula is C11H8BrFN2O3. The van der Waals surface area contributed by atoms with Crippen LogP contribution >= 0.6 is 15.9 Å². The molecule has 0 aliphatic carbocycles. The quantitative estimate of drug-likeness (QED) is 0.690. The van der Waals surface area contributed by atoms with Crippen LogP contribution in [0.3, 0.4) is 0 Å². The molecule has 1 aromatic heterocycles. The first-order chi connectivity index (χ1) is 8.56. The Morgan fingerprint density at radius 3 is 2.83 bits per heavy atom. The Bertz CT molecular complexity index is 585. The Morgan fingerprint density at radius 2 is 2.17 bits per heavy atom. The minimum absolute atomic E-state index is 0.232. The van der Waals surface area contributed by atoms with Crippen molar-refractivity contribution in [2.75, 3.05) is 5.32 Å². The SMILES string of the molecule is O=[N+]([O-])c1ccc(CNc2cc(F)ccc2Br)o1. The average Bonchev–Trinajstić information content (AvgIpc) is 2.79. The van der Waals surface area contributed by atoms with Crippen molar-refractivity contribution in [3.05, 3.63) is 56.5 Å². The van der Waals surface area contributed by atoms with Crippen LogP contribution in [0.1, 0.15) is 5.76 Å². The third-order valence-electron chi connectivity index (χ3n) is 2.21. The number of hydrogen-bond donors (Lipinski definition) is 1. The highest BCUT2D eigenvalue weighted by Gasteiger charge is 2.11. The highest BCUT2D eigenvalue weighted by molar-refractivity contribution is 9.10. The van der Waals surface area contributed by atoms with E-state index in [0.29, 0.717) is 15.9 Å². The summed E-state index contributed by atoms with van der Waals surface area (Å²) >= 11 is 3.26. The van der Waals surface area contributed by atoms with E-state index in [-0.39, 0.29) is 18.2 Å². The Morgan fingerprint density at radius 1 is 1.39 bits per heavy atom. The van der Waals surface area contributed by atoms with Gasteiger partial charge in [0.2, 0.25) is 0 Å². The van der Waals surface area contributed by atoms with Gasteiger partial charge in [-0.05, 0) is 40.2 Å². The Kier molecular flexibility index (Phi) is 3.61. The van der Waals surface area contributed by atoms with Gasteiger partial charge in [0.15, 0.2) is 0 Å². The molecule has 0 spiro atoms. The minimum atomic E-state index is -0.610. The normalized spacial score (nSPS) is 10.3. The number of benzene rings is 1. The van der Waals surface area contributed by atoms with Gasteiger partial charge in [0, 0.05) is 4.47 Å². The molecule has 0 unspecified atom stereocenters. The molecule has 1 N–H and O–H groups in total. The number of nitrogens with zero attached hydrogens (tertiary/aromatic N) is 1. The predicted molar refractivity (Wildman–Crippen MR) is 66.8 cm³/mol. The van der Waals surface area contributed by atoms with Crippen LogP contribution in [0.4, 0.5) is 16.0 Å². The zero-order valence-corrected chi connectivity index (χ0v) is 10.6. The van der Waals surface area contributed by atoms with Crippen LogP contribution in [0.25, 0.3) is 0 Å². The molecule has 0 saturated heterocycles. The summed E-state index contributed by atoms with van der Waals surface area (Å²) < 4.78 is 18.7. The van der Waals surface area contributed by atoms with Gasteiger partial charge in [0.25, 0.3) is 0 Å². The van der Waals surface area contributed by atoms with Crippen LogP contribution in [0, 0.1) is 15.9 Å². The van der Waals surface area contributed by atoms with E-state index in [2.05, 4.69) is 21.2 Å². The largest absolute Gasteiger partial charge is 0.433 e. The average molecular weight is 315 g/mol. The highest BCUT2D eigenvalue weighted by atomic mass is 79.9. The first kappa shape index (κ1) is 12.6. The van der Waals surface area contributed by atoms with Gasteiger partial charge in [-0.25, -0.2) is 4.39 Å². The van der Waals surface area contributed by atoms with Crippen LogP contribution in [0.5, 0.6) is 0 Å². The molecule has 0 saturated carbocycles. The second-order valence-electron chi connectivity index (χ2n) is 3.47. The van der Waals surface area contributed by atoms with Crippen LogP contribution in [0.2, 0.25) is 0 Å². The van der Waals surface area contributed by atoms with Crippen LogP contribution in [-0.2, 0) is 6.54 Å². The summed E-state index contributed by atoms with van der Waals surface area (Å²) in [7, 11) is 0. The van der Waals surface area contributed by atoms with Crippen molar-refractivity contribution in [3.8, 4) is 0 Å². The monoisotopic (exact) mass is 314 g/mol. The van der Waals surface area contributed by atoms with Gasteiger partial charge in [0.1, 0.15) is 16.5 Å². The van der Waals surface area contributed by atoms with Gasteiger partial charge in [-0.15, -0.1) is 0 Å². The van der Waals surface area contributed by atoms with E-state index in [1.807, 2.05) is 0 Å². The van der Waals surface area contributed by atoms with Crippen LogP contribution < -0.4 is 5.32 Å². The lowest BCUT2D eigenvalue weighted by Crippen LogP contribution is -1.99. The molecule has 94 valence electrons. The highest BCUT2D eigenvalue weighted by Crippen LogP contribution is 2.24. The van der Waals surface area contributed by atoms with Crippen molar-refractivity contribution < 1.29 is 13.7 Å². The summed E-state index contributed by atoms with van der Waals surface area (Å²) in [6.45, 7) is 0.232. The number of nitro groups is 1. The fourth-order valence-electron chi connectivity index (χ4n) is 1.38. The van der Waals surface area contributed by atoms with E-state index in [4.69, 9.17) is 4.42 Å². The molecule has 1 aromatic carbocycles. The summed E-state index contributed by atoms with van der Waals surface area (Å²) in [4.78, 5) is 9.81. The second kappa shape index (κ2) is 5.18. The number of rotatable bonds is 4. The molecule has 0 aliphatic rings. The van der Waals surface area contributed by atoms with Crippen molar-refractivity contribution in [1.29, 1.82) is 0 Å². The molecule has 0 amide bonds. The molecule has 1 heterocycles. The molecular weight excluding hydrogens is 307 g/mol. The number of furan rings is 1. The van der Waals surface area contributed by atoms with Crippen molar-refractivity contribution in [2.45, 2.75) is 6.54 Å². The molecule has 0 atom stereocenters. The standard InChI is InChI=1S/C11H8BrFN2O3/c12-9-3-1-7(13)5-10(9)14-6-8-2-4-11(18-8)15(16)17/h1-5,14H,6H2. The summed E-state index contributed by atoms with van der Waals surface area (Å²) in [5.74, 6) is -0.283. The number of hydrogen-bond acceptors (Lipinski definition) is 4. The molecule has 0 radical (unpaired) electrons. The van der Waals surface area contributed by atoms with E-state index in [1.54, 1.807) is 6.07 Å². The van der Waals surface area contributed by atoms with E-state index in [0.717, 1.165) is 0 Å². The third kappa shape index (κ3) is 2.86. The van der Waals surface area contributed by atoms with E-state index >= 15 is 0 Å². The van der Waals surface area contributed by atoms with Crippen molar-refractivity contribution in [3.63, 3.8) is 0 Å². The lowest BCUT2D eigenvalue weighted by Gasteiger charge is -2.06. The van der Waals surface area contributed by atoms with E-state index in [1.165, 1.54) is 24.3 Å². The third-order valence-corrected chi connectivity index (χ3v) is 2.90. The predicted octanol–water partition coefficient (Wildman–Crippen LogP) is 3.70. The molecule has 18 heavy (non-hydrogen) atoms. The molecule has 0 aliphatic heterocycles. The maximum Gasteiger partial charge on any atom is 0.433 e. The topological polar surface area (TPSA) is 68.3 Å². The Labute approximate surface area is 110 Å². The van der Waals surface area contributed by atoms with Gasteiger partial charge < -0.3 is 9.73 Å². The number of nitrogens with one attached hydrogen (secondary N) is 1. The van der Waals surface area contributed by atoms with E-state index in [9.17, 15) is 14.5 Å². The molecule has 0 bridgehead atoms. The molecule has 2 rings (SSSR count). The lowest BCUT2D eigenvalue weighted by molar-refractivity contribution is -0.402.